The number of benzene rings is 2. The third-order valence-electron chi connectivity index (χ3n) is 6.52. The van der Waals surface area contributed by atoms with Crippen molar-refractivity contribution >= 4 is 11.9 Å². The second-order valence-corrected chi connectivity index (χ2v) is 8.83. The van der Waals surface area contributed by atoms with Crippen molar-refractivity contribution in [2.75, 3.05) is 13.2 Å². The molecule has 8 heteroatoms. The van der Waals surface area contributed by atoms with E-state index in [9.17, 15) is 19.9 Å². The van der Waals surface area contributed by atoms with Crippen LogP contribution in [0.4, 0.5) is 0 Å². The fraction of sp³-hybridized carbons (Fsp3) is 0.462. The van der Waals surface area contributed by atoms with Crippen LogP contribution in [0.1, 0.15) is 54.5 Å². The van der Waals surface area contributed by atoms with Crippen LogP contribution in [-0.4, -0.2) is 52.7 Å². The van der Waals surface area contributed by atoms with Gasteiger partial charge in [-0.15, -0.1) is 0 Å². The van der Waals surface area contributed by atoms with E-state index in [0.29, 0.717) is 24.2 Å². The molecule has 3 atom stereocenters. The molecule has 2 unspecified atom stereocenters. The Kier molecular flexibility index (Phi) is 7.82. The monoisotopic (exact) mass is 468 g/mol. The number of fused-ring (bicyclic) bond motifs is 2. The van der Waals surface area contributed by atoms with Gasteiger partial charge in [0.25, 0.3) is 0 Å². The molecule has 2 aromatic carbocycles. The molecule has 0 saturated carbocycles. The Morgan fingerprint density at radius 3 is 2.65 bits per heavy atom. The van der Waals surface area contributed by atoms with Gasteiger partial charge in [0, 0.05) is 5.56 Å². The summed E-state index contributed by atoms with van der Waals surface area (Å²) in [6.45, 7) is 2.04. The summed E-state index contributed by atoms with van der Waals surface area (Å²) in [5, 5.41) is 24.9. The summed E-state index contributed by atoms with van der Waals surface area (Å²) in [5.41, 5.74) is 4.12. The lowest BCUT2D eigenvalue weighted by atomic mass is 9.97. The highest BCUT2D eigenvalue weighted by molar-refractivity contribution is 5.75. The quantitative estimate of drug-likeness (QED) is 0.482. The number of carbonyl (C=O) groups is 2. The Bertz CT molecular complexity index is 1010. The number of carbonyl (C=O) groups excluding carboxylic acids is 1. The SMILES string of the molecule is CCOC(=O)C(CCc1ccccc1)N[C@@H]1COc2cc3c(cc2C(CC(=O)O)N1O)CCC3. The van der Waals surface area contributed by atoms with Crippen molar-refractivity contribution in [1.82, 2.24) is 10.4 Å². The molecule has 3 N–H and O–H groups in total. The van der Waals surface area contributed by atoms with Crippen LogP contribution < -0.4 is 10.1 Å². The molecule has 182 valence electrons. The summed E-state index contributed by atoms with van der Waals surface area (Å²) < 4.78 is 11.3. The smallest absolute Gasteiger partial charge is 0.323 e. The fourth-order valence-electron chi connectivity index (χ4n) is 4.80. The molecule has 4 rings (SSSR count). The summed E-state index contributed by atoms with van der Waals surface area (Å²) in [5.74, 6) is -0.850. The number of hydrogen-bond donors (Lipinski definition) is 3. The lowest BCUT2D eigenvalue weighted by molar-refractivity contribution is -0.184. The van der Waals surface area contributed by atoms with Crippen molar-refractivity contribution in [1.29, 1.82) is 0 Å². The van der Waals surface area contributed by atoms with Crippen LogP contribution in [0.25, 0.3) is 0 Å². The van der Waals surface area contributed by atoms with Crippen LogP contribution in [0.3, 0.4) is 0 Å². The first-order chi connectivity index (χ1) is 16.5. The first-order valence-electron chi connectivity index (χ1n) is 11.9. The molecule has 34 heavy (non-hydrogen) atoms. The predicted octanol–water partition coefficient (Wildman–Crippen LogP) is 3.25. The number of esters is 1. The zero-order valence-corrected chi connectivity index (χ0v) is 19.4. The second kappa shape index (κ2) is 11.0. The van der Waals surface area contributed by atoms with Crippen molar-refractivity contribution in [3.8, 4) is 5.75 Å². The minimum atomic E-state index is -1.03. The Morgan fingerprint density at radius 1 is 1.21 bits per heavy atom. The fourth-order valence-corrected chi connectivity index (χ4v) is 4.80. The molecule has 0 aromatic heterocycles. The summed E-state index contributed by atoms with van der Waals surface area (Å²) >= 11 is 0. The Morgan fingerprint density at radius 2 is 1.94 bits per heavy atom. The maximum atomic E-state index is 12.7. The number of nitrogens with zero attached hydrogens (tertiary/aromatic N) is 1. The molecule has 0 radical (unpaired) electrons. The lowest BCUT2D eigenvalue weighted by Crippen LogP contribution is -2.54. The zero-order chi connectivity index (χ0) is 24.1. The van der Waals surface area contributed by atoms with Crippen molar-refractivity contribution in [3.05, 3.63) is 64.7 Å². The molecule has 1 aliphatic heterocycles. The number of carboxylic acids is 1. The highest BCUT2D eigenvalue weighted by Crippen LogP contribution is 2.39. The van der Waals surface area contributed by atoms with Gasteiger partial charge in [0.05, 0.1) is 19.1 Å². The summed E-state index contributed by atoms with van der Waals surface area (Å²) in [7, 11) is 0. The number of hydroxylamine groups is 2. The van der Waals surface area contributed by atoms with Crippen LogP contribution in [0.5, 0.6) is 5.75 Å². The van der Waals surface area contributed by atoms with Gasteiger partial charge in [-0.25, -0.2) is 0 Å². The maximum Gasteiger partial charge on any atom is 0.323 e. The number of aryl methyl sites for hydroxylation is 3. The van der Waals surface area contributed by atoms with Crippen molar-refractivity contribution in [3.63, 3.8) is 0 Å². The summed E-state index contributed by atoms with van der Waals surface area (Å²) in [4.78, 5) is 24.4. The van der Waals surface area contributed by atoms with Crippen molar-refractivity contribution in [2.45, 2.75) is 63.7 Å². The number of ether oxygens (including phenoxy) is 2. The van der Waals surface area contributed by atoms with Crippen LogP contribution in [0.15, 0.2) is 42.5 Å². The first-order valence-corrected chi connectivity index (χ1v) is 11.9. The van der Waals surface area contributed by atoms with Gasteiger partial charge in [-0.1, -0.05) is 36.4 Å². The lowest BCUT2D eigenvalue weighted by Gasteiger charge is -2.32. The van der Waals surface area contributed by atoms with Gasteiger partial charge < -0.3 is 19.8 Å². The number of rotatable bonds is 9. The van der Waals surface area contributed by atoms with Crippen molar-refractivity contribution < 1.29 is 29.4 Å². The second-order valence-electron chi connectivity index (χ2n) is 8.83. The average molecular weight is 469 g/mol. The maximum absolute atomic E-state index is 12.7. The van der Waals surface area contributed by atoms with Gasteiger partial charge in [0.2, 0.25) is 0 Å². The minimum absolute atomic E-state index is 0.0552. The van der Waals surface area contributed by atoms with Crippen LogP contribution in [-0.2, 0) is 33.6 Å². The molecule has 0 amide bonds. The molecule has 8 nitrogen and oxygen atoms in total. The number of aliphatic carboxylic acids is 1. The summed E-state index contributed by atoms with van der Waals surface area (Å²) in [6, 6.07) is 12.3. The van der Waals surface area contributed by atoms with E-state index in [0.717, 1.165) is 29.9 Å². The molecule has 0 fully saturated rings. The molecular formula is C26H32N2O6. The predicted molar refractivity (Wildman–Crippen MR) is 125 cm³/mol. The Hall–Kier alpha value is -2.94. The molecule has 2 aliphatic rings. The van der Waals surface area contributed by atoms with E-state index < -0.39 is 30.2 Å². The van der Waals surface area contributed by atoms with E-state index in [1.165, 1.54) is 11.1 Å². The van der Waals surface area contributed by atoms with Crippen LogP contribution >= 0.6 is 0 Å². The third-order valence-corrected chi connectivity index (χ3v) is 6.52. The van der Waals surface area contributed by atoms with Gasteiger partial charge in [-0.3, -0.25) is 14.9 Å². The molecule has 2 aromatic rings. The molecule has 0 saturated heterocycles. The number of nitrogens with one attached hydrogen (secondary N) is 1. The Labute approximate surface area is 199 Å². The van der Waals surface area contributed by atoms with Crippen LogP contribution in [0, 0.1) is 0 Å². The molecular weight excluding hydrogens is 436 g/mol. The van der Waals surface area contributed by atoms with Crippen LogP contribution in [0.2, 0.25) is 0 Å². The molecule has 0 spiro atoms. The van der Waals surface area contributed by atoms with E-state index in [1.54, 1.807) is 6.92 Å². The molecule has 1 heterocycles. The van der Waals surface area contributed by atoms with Gasteiger partial charge >= 0.3 is 11.9 Å². The van der Waals surface area contributed by atoms with Gasteiger partial charge in [-0.2, -0.15) is 5.06 Å². The molecule has 1 aliphatic carbocycles. The highest BCUT2D eigenvalue weighted by atomic mass is 16.5. The first kappa shape index (κ1) is 24.2. The minimum Gasteiger partial charge on any atom is -0.490 e. The van der Waals surface area contributed by atoms with E-state index >= 15 is 0 Å². The average Bonchev–Trinajstić information content (AvgIpc) is 3.25. The molecule has 0 bridgehead atoms. The van der Waals surface area contributed by atoms with E-state index in [2.05, 4.69) is 5.32 Å². The largest absolute Gasteiger partial charge is 0.490 e. The zero-order valence-electron chi connectivity index (χ0n) is 19.4. The van der Waals surface area contributed by atoms with Gasteiger partial charge in [0.1, 0.15) is 24.6 Å². The number of carboxylic acid groups (broad SMARTS) is 1. The van der Waals surface area contributed by atoms with E-state index in [4.69, 9.17) is 9.47 Å². The third kappa shape index (κ3) is 5.58. The van der Waals surface area contributed by atoms with Gasteiger partial charge in [-0.05, 0) is 61.8 Å². The standard InChI is InChI=1S/C26H32N2O6/c1-2-33-26(31)21(12-11-17-7-4-3-5-8-17)27-24-16-34-23-14-19-10-6-9-18(19)13-20(23)22(28(24)32)15-25(29)30/h3-5,7-8,13-14,21-22,24,27,32H,2,6,9-12,15-16H2,1H3,(H,29,30)/t21?,22?,24-/m0/s1. The Balaban J connectivity index is 1.56. The number of hydrogen-bond acceptors (Lipinski definition) is 7. The normalized spacial score (nSPS) is 20.5. The van der Waals surface area contributed by atoms with E-state index in [-0.39, 0.29) is 19.6 Å². The van der Waals surface area contributed by atoms with Crippen molar-refractivity contribution in [2.24, 2.45) is 0 Å². The highest BCUT2D eigenvalue weighted by Gasteiger charge is 2.37. The topological polar surface area (TPSA) is 108 Å². The van der Waals surface area contributed by atoms with E-state index in [1.807, 2.05) is 42.5 Å². The van der Waals surface area contributed by atoms with Gasteiger partial charge in [0.15, 0.2) is 0 Å². The summed E-state index contributed by atoms with van der Waals surface area (Å²) in [6.07, 6.45) is 2.96.